The zero-order chi connectivity index (χ0) is 18.9. The predicted molar refractivity (Wildman–Crippen MR) is 81.3 cm³/mol. The van der Waals surface area contributed by atoms with E-state index in [1.54, 1.807) is 13.8 Å². The summed E-state index contributed by atoms with van der Waals surface area (Å²) in [6.07, 6.45) is -0.965. The summed E-state index contributed by atoms with van der Waals surface area (Å²) in [5, 5.41) is 0. The molecule has 0 aromatic carbocycles. The summed E-state index contributed by atoms with van der Waals surface area (Å²) >= 11 is 0. The molecule has 0 unspecified atom stereocenters. The number of hydrogen-bond acceptors (Lipinski definition) is 5. The second kappa shape index (κ2) is 7.03. The number of carbonyl (C=O) groups excluding carboxylic acids is 3. The van der Waals surface area contributed by atoms with Gasteiger partial charge in [0, 0.05) is 0 Å². The van der Waals surface area contributed by atoms with Crippen LogP contribution in [-0.4, -0.2) is 48.0 Å². The quantitative estimate of drug-likeness (QED) is 0.714. The fraction of sp³-hybridized carbons (Fsp3) is 0.812. The number of hydrogen-bond donors (Lipinski definition) is 0. The van der Waals surface area contributed by atoms with Gasteiger partial charge in [0.25, 0.3) is 0 Å². The summed E-state index contributed by atoms with van der Waals surface area (Å²) in [5.74, 6) is -9.17. The summed E-state index contributed by atoms with van der Waals surface area (Å²) in [6.45, 7) is 8.85. The van der Waals surface area contributed by atoms with E-state index in [2.05, 4.69) is 4.74 Å². The van der Waals surface area contributed by atoms with Crippen LogP contribution in [0.2, 0.25) is 0 Å². The average Bonchev–Trinajstić information content (AvgIpc) is 2.79. The Labute approximate surface area is 140 Å². The van der Waals surface area contributed by atoms with Crippen molar-refractivity contribution in [1.82, 2.24) is 4.90 Å². The van der Waals surface area contributed by atoms with Crippen LogP contribution < -0.4 is 0 Å². The smallest absolute Gasteiger partial charge is 0.416 e. The van der Waals surface area contributed by atoms with Crippen molar-refractivity contribution in [2.75, 3.05) is 13.2 Å². The first-order chi connectivity index (χ1) is 10.9. The number of imide groups is 1. The third-order valence-electron chi connectivity index (χ3n) is 3.94. The number of cyclic esters (lactones) is 1. The normalized spacial score (nSPS) is 20.1. The molecule has 0 aromatic heterocycles. The number of halogens is 2. The van der Waals surface area contributed by atoms with Gasteiger partial charge in [0.15, 0.2) is 0 Å². The lowest BCUT2D eigenvalue weighted by molar-refractivity contribution is -0.192. The van der Waals surface area contributed by atoms with Gasteiger partial charge in [-0.3, -0.25) is 4.79 Å². The lowest BCUT2D eigenvalue weighted by Gasteiger charge is -2.37. The van der Waals surface area contributed by atoms with E-state index in [4.69, 9.17) is 4.74 Å². The Balaban J connectivity index is 3.29. The predicted octanol–water partition coefficient (Wildman–Crippen LogP) is 2.85. The van der Waals surface area contributed by atoms with Gasteiger partial charge >= 0.3 is 18.0 Å². The van der Waals surface area contributed by atoms with Crippen molar-refractivity contribution in [3.8, 4) is 0 Å². The van der Waals surface area contributed by atoms with Gasteiger partial charge in [-0.1, -0.05) is 34.6 Å². The van der Waals surface area contributed by atoms with Gasteiger partial charge in [-0.05, 0) is 18.3 Å². The van der Waals surface area contributed by atoms with Crippen molar-refractivity contribution in [3.63, 3.8) is 0 Å². The fourth-order valence-electron chi connectivity index (χ4n) is 2.73. The molecule has 24 heavy (non-hydrogen) atoms. The SMILES string of the molecule is CCOC(=O)C(F)(F)[C@H](C(=O)N1C(=O)OC[C@@H]1C(C)C)C(C)(C)C. The molecule has 0 aliphatic carbocycles. The van der Waals surface area contributed by atoms with Gasteiger partial charge in [0.1, 0.15) is 12.5 Å². The number of esters is 1. The van der Waals surface area contributed by atoms with E-state index in [0.29, 0.717) is 4.90 Å². The Morgan fingerprint density at radius 3 is 2.29 bits per heavy atom. The Kier molecular flexibility index (Phi) is 5.95. The Bertz CT molecular complexity index is 513. The number of rotatable bonds is 5. The highest BCUT2D eigenvalue weighted by atomic mass is 19.3. The lowest BCUT2D eigenvalue weighted by atomic mass is 9.75. The summed E-state index contributed by atoms with van der Waals surface area (Å²) in [4.78, 5) is 37.1. The maximum atomic E-state index is 14.6. The molecule has 0 aromatic rings. The van der Waals surface area contributed by atoms with Crippen molar-refractivity contribution >= 4 is 18.0 Å². The van der Waals surface area contributed by atoms with E-state index >= 15 is 0 Å². The first kappa shape index (κ1) is 20.3. The molecule has 1 saturated heterocycles. The Morgan fingerprint density at radius 1 is 1.33 bits per heavy atom. The minimum atomic E-state index is -4.06. The molecule has 2 atom stereocenters. The van der Waals surface area contributed by atoms with Crippen molar-refractivity contribution in [2.45, 2.75) is 53.5 Å². The monoisotopic (exact) mass is 349 g/mol. The molecular formula is C16H25F2NO5. The first-order valence-electron chi connectivity index (χ1n) is 7.90. The minimum absolute atomic E-state index is 0.0515. The molecule has 0 spiro atoms. The van der Waals surface area contributed by atoms with Crippen LogP contribution in [0.25, 0.3) is 0 Å². The molecule has 138 valence electrons. The fourth-order valence-corrected chi connectivity index (χ4v) is 2.73. The van der Waals surface area contributed by atoms with Crippen LogP contribution in [0.15, 0.2) is 0 Å². The highest BCUT2D eigenvalue weighted by Crippen LogP contribution is 2.42. The third-order valence-corrected chi connectivity index (χ3v) is 3.94. The Morgan fingerprint density at radius 2 is 1.88 bits per heavy atom. The maximum absolute atomic E-state index is 14.6. The van der Waals surface area contributed by atoms with Crippen LogP contribution in [-0.2, 0) is 19.1 Å². The van der Waals surface area contributed by atoms with Gasteiger partial charge in [-0.25, -0.2) is 14.5 Å². The molecule has 1 aliphatic rings. The van der Waals surface area contributed by atoms with Crippen LogP contribution in [0, 0.1) is 17.3 Å². The van der Waals surface area contributed by atoms with Crippen molar-refractivity contribution in [3.05, 3.63) is 0 Å². The third kappa shape index (κ3) is 3.84. The van der Waals surface area contributed by atoms with Gasteiger partial charge in [-0.2, -0.15) is 8.78 Å². The summed E-state index contributed by atoms with van der Waals surface area (Å²) in [7, 11) is 0. The maximum Gasteiger partial charge on any atom is 0.416 e. The summed E-state index contributed by atoms with van der Waals surface area (Å²) in [5.41, 5.74) is -1.28. The largest absolute Gasteiger partial charge is 0.462 e. The first-order valence-corrected chi connectivity index (χ1v) is 7.90. The average molecular weight is 349 g/mol. The van der Waals surface area contributed by atoms with Gasteiger partial charge < -0.3 is 9.47 Å². The number of alkyl halides is 2. The molecule has 0 saturated carbocycles. The molecule has 1 heterocycles. The lowest BCUT2D eigenvalue weighted by Crippen LogP contribution is -2.56. The van der Waals surface area contributed by atoms with E-state index in [1.807, 2.05) is 0 Å². The molecule has 1 rings (SSSR count). The number of nitrogens with zero attached hydrogens (tertiary/aromatic N) is 1. The van der Waals surface area contributed by atoms with Crippen molar-refractivity contribution < 1.29 is 32.6 Å². The highest BCUT2D eigenvalue weighted by molar-refractivity contribution is 5.98. The zero-order valence-electron chi connectivity index (χ0n) is 14.9. The van der Waals surface area contributed by atoms with Gasteiger partial charge in [0.2, 0.25) is 5.91 Å². The summed E-state index contributed by atoms with van der Waals surface area (Å²) in [6, 6.07) is -0.646. The van der Waals surface area contributed by atoms with Crippen LogP contribution in [0.4, 0.5) is 13.6 Å². The zero-order valence-corrected chi connectivity index (χ0v) is 14.9. The van der Waals surface area contributed by atoms with E-state index in [-0.39, 0.29) is 19.1 Å². The molecule has 8 heteroatoms. The van der Waals surface area contributed by atoms with Crippen LogP contribution in [0.3, 0.4) is 0 Å². The molecule has 1 fully saturated rings. The number of carbonyl (C=O) groups is 3. The van der Waals surface area contributed by atoms with Gasteiger partial charge in [-0.15, -0.1) is 0 Å². The van der Waals surface area contributed by atoms with E-state index in [0.717, 1.165) is 0 Å². The van der Waals surface area contributed by atoms with Crippen molar-refractivity contribution in [2.24, 2.45) is 17.3 Å². The second-order valence-corrected chi connectivity index (χ2v) is 7.24. The molecule has 0 bridgehead atoms. The van der Waals surface area contributed by atoms with Crippen LogP contribution >= 0.6 is 0 Å². The molecule has 6 nitrogen and oxygen atoms in total. The minimum Gasteiger partial charge on any atom is -0.462 e. The topological polar surface area (TPSA) is 72.9 Å². The standard InChI is InChI=1S/C16H25F2NO5/c1-7-23-13(21)16(17,18)11(15(4,5)6)12(20)19-10(9(2)3)8-24-14(19)22/h9-11H,7-8H2,1-6H3/t10-,11-/m1/s1. The molecule has 2 amide bonds. The van der Waals surface area contributed by atoms with Crippen molar-refractivity contribution in [1.29, 1.82) is 0 Å². The number of ether oxygens (including phenoxy) is 2. The molecule has 1 aliphatic heterocycles. The molecular weight excluding hydrogens is 324 g/mol. The Hall–Kier alpha value is -1.73. The van der Waals surface area contributed by atoms with Crippen LogP contribution in [0.5, 0.6) is 0 Å². The van der Waals surface area contributed by atoms with E-state index in [9.17, 15) is 23.2 Å². The van der Waals surface area contributed by atoms with E-state index < -0.39 is 41.3 Å². The molecule has 0 N–H and O–H groups in total. The molecule has 0 radical (unpaired) electrons. The number of amides is 2. The highest BCUT2D eigenvalue weighted by Gasteiger charge is 2.60. The van der Waals surface area contributed by atoms with Crippen LogP contribution in [0.1, 0.15) is 41.5 Å². The summed E-state index contributed by atoms with van der Waals surface area (Å²) < 4.78 is 38.6. The van der Waals surface area contributed by atoms with Gasteiger partial charge in [0.05, 0.1) is 12.6 Å². The second-order valence-electron chi connectivity index (χ2n) is 7.24. The van der Waals surface area contributed by atoms with E-state index in [1.165, 1.54) is 27.7 Å².